The normalized spacial score (nSPS) is 23.0. The van der Waals surface area contributed by atoms with Gasteiger partial charge in [0.2, 0.25) is 0 Å². The van der Waals surface area contributed by atoms with Crippen LogP contribution in [-0.2, 0) is 47.7 Å². The van der Waals surface area contributed by atoms with E-state index in [2.05, 4.69) is 5.10 Å². The van der Waals surface area contributed by atoms with Crippen molar-refractivity contribution in [1.29, 1.82) is 0 Å². The lowest BCUT2D eigenvalue weighted by atomic mass is 9.82. The largest absolute Gasteiger partial charge is 0.466 e. The summed E-state index contributed by atoms with van der Waals surface area (Å²) in [5.41, 5.74) is 1.49. The van der Waals surface area contributed by atoms with E-state index in [1.807, 2.05) is 19.1 Å². The van der Waals surface area contributed by atoms with E-state index >= 15 is 0 Å². The minimum Gasteiger partial charge on any atom is -0.466 e. The molecule has 2 fully saturated rings. The lowest BCUT2D eigenvalue weighted by Crippen LogP contribution is -2.33. The minimum atomic E-state index is -0.701. The number of rotatable bonds is 14. The number of hydrogen-bond acceptors (Lipinski definition) is 14. The molecular formula is C41H45ClN2O11S2. The molecule has 2 saturated carbocycles. The summed E-state index contributed by atoms with van der Waals surface area (Å²) >= 11 is 8.10. The van der Waals surface area contributed by atoms with Crippen LogP contribution in [0.15, 0.2) is 67.2 Å². The van der Waals surface area contributed by atoms with Gasteiger partial charge in [0.05, 0.1) is 64.4 Å². The Balaban J connectivity index is 0.986. The Morgan fingerprint density at radius 1 is 0.789 bits per heavy atom. The van der Waals surface area contributed by atoms with E-state index in [4.69, 9.17) is 35.3 Å². The number of fused-ring (bicyclic) bond motifs is 1. The van der Waals surface area contributed by atoms with Gasteiger partial charge in [-0.3, -0.25) is 24.0 Å². The quantitative estimate of drug-likeness (QED) is 0.0466. The van der Waals surface area contributed by atoms with E-state index < -0.39 is 11.9 Å². The maximum absolute atomic E-state index is 13.8. The second-order valence-corrected chi connectivity index (χ2v) is 16.8. The molecule has 2 heterocycles. The van der Waals surface area contributed by atoms with Gasteiger partial charge in [0, 0.05) is 17.2 Å². The van der Waals surface area contributed by atoms with Crippen molar-refractivity contribution in [2.24, 2.45) is 22.9 Å². The average molecular weight is 841 g/mol. The summed E-state index contributed by atoms with van der Waals surface area (Å²) < 4.78 is 28.0. The molecule has 2 aromatic rings. The van der Waals surface area contributed by atoms with Crippen molar-refractivity contribution >= 4 is 82.3 Å². The topological polar surface area (TPSA) is 164 Å². The van der Waals surface area contributed by atoms with Crippen LogP contribution in [0.3, 0.4) is 0 Å². The minimum absolute atomic E-state index is 0.0804. The molecule has 304 valence electrons. The van der Waals surface area contributed by atoms with Crippen LogP contribution >= 0.6 is 35.1 Å². The molecule has 0 N–H and O–H groups in total. The third-order valence-corrected chi connectivity index (χ3v) is 13.1. The molecule has 13 nitrogen and oxygen atoms in total. The first-order valence-electron chi connectivity index (χ1n) is 19.3. The third-order valence-electron chi connectivity index (χ3n) is 10.2. The zero-order chi connectivity index (χ0) is 40.5. The van der Waals surface area contributed by atoms with Crippen LogP contribution in [0.5, 0.6) is 5.75 Å². The summed E-state index contributed by atoms with van der Waals surface area (Å²) in [6, 6.07) is 12.4. The number of thioether (sulfide) groups is 2. The Morgan fingerprint density at radius 3 is 2.11 bits per heavy atom. The number of benzene rings is 2. The van der Waals surface area contributed by atoms with Crippen LogP contribution in [-0.4, -0.2) is 73.3 Å². The summed E-state index contributed by atoms with van der Waals surface area (Å²) in [6.45, 7) is 4.05. The number of esters is 5. The molecule has 0 aromatic heterocycles. The Labute approximate surface area is 344 Å². The van der Waals surface area contributed by atoms with Crippen molar-refractivity contribution in [1.82, 2.24) is 0 Å². The Morgan fingerprint density at radius 2 is 1.42 bits per heavy atom. The standard InChI is InChI=1S/C41H45ClN2O11S2/c1-3-51-40(50)33-32(36(46)44(43-33)28-8-5-4-6-9-28)41-56-34-24(2)10-19-30(35(34)57-41)55-39(49)27-15-17-29(18-16-27)54-38(48)26-13-11-25(12-14-26)37(47)53-23-7-22-52-31(45)20-21-42/h4-6,8-10,19,25-27,29H,3,7,11-18,20-23H2,1-2H3. The second kappa shape index (κ2) is 19.9. The molecule has 0 atom stereocenters. The van der Waals surface area contributed by atoms with Gasteiger partial charge in [-0.2, -0.15) is 10.1 Å². The van der Waals surface area contributed by atoms with Crippen molar-refractivity contribution in [2.45, 2.75) is 94.0 Å². The highest BCUT2D eigenvalue weighted by atomic mass is 35.5. The van der Waals surface area contributed by atoms with Crippen molar-refractivity contribution < 1.29 is 52.5 Å². The van der Waals surface area contributed by atoms with Gasteiger partial charge in [0.15, 0.2) is 5.71 Å². The molecule has 0 spiro atoms. The maximum atomic E-state index is 13.8. The predicted octanol–water partition coefficient (Wildman–Crippen LogP) is 7.29. The van der Waals surface area contributed by atoms with Crippen molar-refractivity contribution in [2.75, 3.05) is 30.7 Å². The number of carbonyl (C=O) groups excluding carboxylic acids is 6. The van der Waals surface area contributed by atoms with Crippen LogP contribution < -0.4 is 9.75 Å². The first-order valence-corrected chi connectivity index (χ1v) is 21.4. The SMILES string of the molecule is CCOC(=O)C1=NN(c2ccccc2)C(=O)C1=C1Sc2c(C)ccc(OC(=O)C3CCC(OC(=O)C4CCC(C(=O)OCCCOC(=O)CCCl)CC4)CC3)c2S1. The Kier molecular flexibility index (Phi) is 14.7. The number of anilines is 1. The zero-order valence-electron chi connectivity index (χ0n) is 31.8. The molecule has 0 radical (unpaired) electrons. The number of nitrogens with zero attached hydrogens (tertiary/aromatic N) is 2. The fraction of sp³-hybridized carbons (Fsp3) is 0.488. The second-order valence-electron chi connectivity index (χ2n) is 14.1. The number of hydrazone groups is 1. The van der Waals surface area contributed by atoms with E-state index in [-0.39, 0.29) is 91.1 Å². The molecule has 6 rings (SSSR count). The van der Waals surface area contributed by atoms with Gasteiger partial charge in [0.25, 0.3) is 5.91 Å². The Bertz CT molecular complexity index is 1920. The molecule has 57 heavy (non-hydrogen) atoms. The van der Waals surface area contributed by atoms with Gasteiger partial charge >= 0.3 is 29.8 Å². The van der Waals surface area contributed by atoms with Crippen LogP contribution in [0.2, 0.25) is 0 Å². The molecule has 0 unspecified atom stereocenters. The van der Waals surface area contributed by atoms with Crippen LogP contribution in [0.4, 0.5) is 5.69 Å². The van der Waals surface area contributed by atoms with E-state index in [0.29, 0.717) is 78.4 Å². The summed E-state index contributed by atoms with van der Waals surface area (Å²) in [5, 5.41) is 5.57. The van der Waals surface area contributed by atoms with Gasteiger partial charge in [-0.1, -0.05) is 47.8 Å². The van der Waals surface area contributed by atoms with E-state index in [0.717, 1.165) is 10.5 Å². The molecule has 2 aliphatic heterocycles. The number of alkyl halides is 1. The predicted molar refractivity (Wildman–Crippen MR) is 213 cm³/mol. The third kappa shape index (κ3) is 10.4. The van der Waals surface area contributed by atoms with Crippen LogP contribution in [0, 0.1) is 24.7 Å². The van der Waals surface area contributed by atoms with E-state index in [1.54, 1.807) is 37.3 Å². The van der Waals surface area contributed by atoms with Gasteiger partial charge in [-0.05, 0) is 89.0 Å². The van der Waals surface area contributed by atoms with Gasteiger partial charge in [0.1, 0.15) is 11.9 Å². The number of aryl methyl sites for hydroxylation is 1. The molecule has 0 bridgehead atoms. The summed E-state index contributed by atoms with van der Waals surface area (Å²) in [6.07, 6.45) is 4.40. The number of ether oxygens (including phenoxy) is 5. The van der Waals surface area contributed by atoms with Crippen LogP contribution in [0.25, 0.3) is 0 Å². The molecule has 0 saturated heterocycles. The summed E-state index contributed by atoms with van der Waals surface area (Å²) in [4.78, 5) is 78.8. The molecule has 2 aliphatic carbocycles. The summed E-state index contributed by atoms with van der Waals surface area (Å²) in [5.74, 6) is -2.89. The van der Waals surface area contributed by atoms with Gasteiger partial charge < -0.3 is 23.7 Å². The number of carbonyl (C=O) groups is 6. The fourth-order valence-corrected chi connectivity index (χ4v) is 9.95. The highest BCUT2D eigenvalue weighted by Gasteiger charge is 2.42. The molecule has 2 aromatic carbocycles. The highest BCUT2D eigenvalue weighted by Crippen LogP contribution is 2.57. The smallest absolute Gasteiger partial charge is 0.359 e. The van der Waals surface area contributed by atoms with Gasteiger partial charge in [-0.25, -0.2) is 4.79 Å². The molecule has 4 aliphatic rings. The first kappa shape index (κ1) is 42.3. The van der Waals surface area contributed by atoms with Crippen molar-refractivity contribution in [3.05, 3.63) is 57.8 Å². The number of halogens is 1. The lowest BCUT2D eigenvalue weighted by Gasteiger charge is -2.30. The first-order chi connectivity index (χ1) is 27.6. The lowest BCUT2D eigenvalue weighted by molar-refractivity contribution is -0.161. The van der Waals surface area contributed by atoms with Crippen LogP contribution in [0.1, 0.15) is 76.7 Å². The van der Waals surface area contributed by atoms with Gasteiger partial charge in [-0.15, -0.1) is 11.6 Å². The van der Waals surface area contributed by atoms with E-state index in [9.17, 15) is 28.8 Å². The Hall–Kier alpha value is -4.34. The zero-order valence-corrected chi connectivity index (χ0v) is 34.2. The molecular weight excluding hydrogens is 796 g/mol. The average Bonchev–Trinajstić information content (AvgIpc) is 3.82. The monoisotopic (exact) mass is 840 g/mol. The maximum Gasteiger partial charge on any atom is 0.359 e. The molecule has 1 amide bonds. The highest BCUT2D eigenvalue weighted by molar-refractivity contribution is 8.24. The number of para-hydroxylation sites is 1. The fourth-order valence-electron chi connectivity index (χ4n) is 7.05. The number of amides is 1. The van der Waals surface area contributed by atoms with Crippen molar-refractivity contribution in [3.8, 4) is 5.75 Å². The molecule has 16 heteroatoms. The van der Waals surface area contributed by atoms with E-state index in [1.165, 1.54) is 28.5 Å². The number of hydrogen-bond donors (Lipinski definition) is 0. The summed E-state index contributed by atoms with van der Waals surface area (Å²) in [7, 11) is 0. The van der Waals surface area contributed by atoms with Crippen molar-refractivity contribution in [3.63, 3.8) is 0 Å².